The number of amides is 2. The van der Waals surface area contributed by atoms with E-state index >= 15 is 0 Å². The zero-order chi connectivity index (χ0) is 19.7. The molecular weight excluding hydrogens is 376 g/mol. The van der Waals surface area contributed by atoms with Crippen LogP contribution in [0.1, 0.15) is 54.6 Å². The molecule has 0 saturated carbocycles. The van der Waals surface area contributed by atoms with Gasteiger partial charge in [0.05, 0.1) is 4.88 Å². The third-order valence-electron chi connectivity index (χ3n) is 5.82. The van der Waals surface area contributed by atoms with Crippen LogP contribution in [0.25, 0.3) is 10.1 Å². The lowest BCUT2D eigenvalue weighted by atomic mass is 9.88. The molecule has 0 bridgehead atoms. The standard InChI is InChI=1S/C21H24N2O4S/c24-19(18-12-13-6-1-4-11-17(13)28-18)22-15-9-3-2-7-14-8-5-10-16(21(26)27)23(14)20(15)25/h1,4,6,11-12,14-16H,2-3,5,7-10H2,(H,22,24)(H,26,27)/t14-,15-,16-/m0/s1. The molecule has 2 aliphatic heterocycles. The number of piperidine rings is 1. The third-order valence-corrected chi connectivity index (χ3v) is 6.93. The lowest BCUT2D eigenvalue weighted by molar-refractivity contribution is -0.156. The molecule has 2 aromatic rings. The smallest absolute Gasteiger partial charge is 0.326 e. The number of carboxylic acid groups (broad SMARTS) is 1. The molecule has 2 fully saturated rings. The first-order valence-electron chi connectivity index (χ1n) is 9.89. The molecule has 2 aliphatic rings. The van der Waals surface area contributed by atoms with Crippen molar-refractivity contribution in [2.75, 3.05) is 0 Å². The number of hydrogen-bond acceptors (Lipinski definition) is 4. The van der Waals surface area contributed by atoms with E-state index in [0.717, 1.165) is 42.2 Å². The van der Waals surface area contributed by atoms with E-state index in [2.05, 4.69) is 5.32 Å². The number of carboxylic acids is 1. The highest BCUT2D eigenvalue weighted by Crippen LogP contribution is 2.31. The number of fused-ring (bicyclic) bond motifs is 2. The van der Waals surface area contributed by atoms with Gasteiger partial charge in [0.25, 0.3) is 5.91 Å². The van der Waals surface area contributed by atoms with E-state index in [0.29, 0.717) is 17.7 Å². The van der Waals surface area contributed by atoms with Crippen molar-refractivity contribution >= 4 is 39.2 Å². The van der Waals surface area contributed by atoms with Crippen molar-refractivity contribution in [1.29, 1.82) is 0 Å². The van der Waals surface area contributed by atoms with Gasteiger partial charge in [-0.3, -0.25) is 9.59 Å². The van der Waals surface area contributed by atoms with Crippen molar-refractivity contribution in [3.8, 4) is 0 Å². The molecular formula is C21H24N2O4S. The minimum absolute atomic E-state index is 0.0358. The summed E-state index contributed by atoms with van der Waals surface area (Å²) in [5.74, 6) is -1.46. The second-order valence-electron chi connectivity index (χ2n) is 7.64. The van der Waals surface area contributed by atoms with Gasteiger partial charge in [-0.05, 0) is 49.6 Å². The van der Waals surface area contributed by atoms with Crippen LogP contribution in [-0.4, -0.2) is 45.9 Å². The minimum atomic E-state index is -0.951. The van der Waals surface area contributed by atoms with Gasteiger partial charge in [-0.15, -0.1) is 11.3 Å². The fourth-order valence-electron chi connectivity index (χ4n) is 4.43. The first kappa shape index (κ1) is 18.9. The van der Waals surface area contributed by atoms with E-state index in [1.165, 1.54) is 11.3 Å². The van der Waals surface area contributed by atoms with Crippen LogP contribution in [0.2, 0.25) is 0 Å². The molecule has 4 rings (SSSR count). The van der Waals surface area contributed by atoms with Crippen LogP contribution in [-0.2, 0) is 9.59 Å². The molecule has 148 valence electrons. The summed E-state index contributed by atoms with van der Waals surface area (Å²) in [6, 6.07) is 8.14. The quantitative estimate of drug-likeness (QED) is 0.827. The third kappa shape index (κ3) is 3.63. The van der Waals surface area contributed by atoms with E-state index < -0.39 is 18.1 Å². The maximum Gasteiger partial charge on any atom is 0.326 e. The van der Waals surface area contributed by atoms with Crippen LogP contribution in [0, 0.1) is 0 Å². The number of nitrogens with zero attached hydrogens (tertiary/aromatic N) is 1. The highest BCUT2D eigenvalue weighted by molar-refractivity contribution is 7.20. The van der Waals surface area contributed by atoms with E-state index in [1.807, 2.05) is 30.3 Å². The largest absolute Gasteiger partial charge is 0.480 e. The van der Waals surface area contributed by atoms with E-state index in [-0.39, 0.29) is 17.9 Å². The number of benzene rings is 1. The van der Waals surface area contributed by atoms with Gasteiger partial charge in [0.1, 0.15) is 12.1 Å². The van der Waals surface area contributed by atoms with E-state index in [4.69, 9.17) is 0 Å². The van der Waals surface area contributed by atoms with Crippen molar-refractivity contribution in [1.82, 2.24) is 10.2 Å². The number of hydrogen-bond donors (Lipinski definition) is 2. The van der Waals surface area contributed by atoms with Gasteiger partial charge >= 0.3 is 5.97 Å². The summed E-state index contributed by atoms with van der Waals surface area (Å²) in [5, 5.41) is 13.5. The Kier molecular flexibility index (Phi) is 5.35. The molecule has 3 atom stereocenters. The first-order chi connectivity index (χ1) is 13.5. The fourth-order valence-corrected chi connectivity index (χ4v) is 5.39. The number of aliphatic carboxylic acids is 1. The Bertz CT molecular complexity index is 876. The monoisotopic (exact) mass is 400 g/mol. The molecule has 0 spiro atoms. The highest BCUT2D eigenvalue weighted by Gasteiger charge is 2.41. The van der Waals surface area contributed by atoms with Gasteiger partial charge in [0, 0.05) is 10.7 Å². The van der Waals surface area contributed by atoms with E-state index in [1.54, 1.807) is 4.90 Å². The predicted octanol–water partition coefficient (Wildman–Crippen LogP) is 3.41. The zero-order valence-corrected chi connectivity index (χ0v) is 16.4. The number of rotatable bonds is 3. The molecule has 0 unspecified atom stereocenters. The van der Waals surface area contributed by atoms with E-state index in [9.17, 15) is 19.5 Å². The second kappa shape index (κ2) is 7.91. The van der Waals surface area contributed by atoms with Gasteiger partial charge in [-0.2, -0.15) is 0 Å². The van der Waals surface area contributed by atoms with Crippen LogP contribution in [0.5, 0.6) is 0 Å². The van der Waals surface area contributed by atoms with Crippen molar-refractivity contribution in [2.24, 2.45) is 0 Å². The molecule has 2 saturated heterocycles. The maximum atomic E-state index is 13.2. The number of carbonyl (C=O) groups is 3. The topological polar surface area (TPSA) is 86.7 Å². The first-order valence-corrected chi connectivity index (χ1v) is 10.7. The molecule has 2 N–H and O–H groups in total. The lowest BCUT2D eigenvalue weighted by Gasteiger charge is -2.43. The predicted molar refractivity (Wildman–Crippen MR) is 107 cm³/mol. The average molecular weight is 401 g/mol. The summed E-state index contributed by atoms with van der Waals surface area (Å²) in [6.45, 7) is 0. The van der Waals surface area contributed by atoms with Gasteiger partial charge in [-0.1, -0.05) is 31.0 Å². The highest BCUT2D eigenvalue weighted by atomic mass is 32.1. The SMILES string of the molecule is O=C(N[C@H]1CCCC[C@H]2CCC[C@@H](C(=O)O)N2C1=O)c1cc2ccccc2s1. The molecule has 1 aromatic heterocycles. The molecule has 6 nitrogen and oxygen atoms in total. The molecule has 2 amide bonds. The maximum absolute atomic E-state index is 13.2. The number of carbonyl (C=O) groups excluding carboxylic acids is 2. The lowest BCUT2D eigenvalue weighted by Crippen LogP contribution is -2.59. The molecule has 3 heterocycles. The van der Waals surface area contributed by atoms with Crippen molar-refractivity contribution < 1.29 is 19.5 Å². The Hall–Kier alpha value is -2.41. The molecule has 0 aliphatic carbocycles. The summed E-state index contributed by atoms with van der Waals surface area (Å²) in [5.41, 5.74) is 0. The Morgan fingerprint density at radius 1 is 1.07 bits per heavy atom. The van der Waals surface area contributed by atoms with Crippen LogP contribution in [0.15, 0.2) is 30.3 Å². The Morgan fingerprint density at radius 3 is 2.61 bits per heavy atom. The van der Waals surface area contributed by atoms with Crippen LogP contribution in [0.3, 0.4) is 0 Å². The Morgan fingerprint density at radius 2 is 1.82 bits per heavy atom. The summed E-state index contributed by atoms with van der Waals surface area (Å²) in [4.78, 5) is 39.9. The van der Waals surface area contributed by atoms with Crippen LogP contribution < -0.4 is 5.32 Å². The van der Waals surface area contributed by atoms with Crippen LogP contribution in [0.4, 0.5) is 0 Å². The average Bonchev–Trinajstić information content (AvgIpc) is 3.12. The van der Waals surface area contributed by atoms with Gasteiger partial charge in [0.15, 0.2) is 0 Å². The van der Waals surface area contributed by atoms with Crippen molar-refractivity contribution in [3.63, 3.8) is 0 Å². The summed E-state index contributed by atoms with van der Waals surface area (Å²) in [7, 11) is 0. The summed E-state index contributed by atoms with van der Waals surface area (Å²) in [6.07, 6.45) is 5.32. The molecule has 1 aromatic carbocycles. The van der Waals surface area contributed by atoms with Gasteiger partial charge in [-0.25, -0.2) is 4.79 Å². The van der Waals surface area contributed by atoms with Crippen molar-refractivity contribution in [3.05, 3.63) is 35.2 Å². The van der Waals surface area contributed by atoms with Crippen molar-refractivity contribution in [2.45, 2.75) is 63.1 Å². The number of thiophene rings is 1. The second-order valence-corrected chi connectivity index (χ2v) is 8.73. The van der Waals surface area contributed by atoms with Gasteiger partial charge in [0.2, 0.25) is 5.91 Å². The molecule has 28 heavy (non-hydrogen) atoms. The fraction of sp³-hybridized carbons (Fsp3) is 0.476. The van der Waals surface area contributed by atoms with Gasteiger partial charge < -0.3 is 15.3 Å². The number of nitrogens with one attached hydrogen (secondary N) is 1. The minimum Gasteiger partial charge on any atom is -0.480 e. The summed E-state index contributed by atoms with van der Waals surface area (Å²) >= 11 is 1.40. The molecule has 7 heteroatoms. The normalized spacial score (nSPS) is 25.6. The molecule has 0 radical (unpaired) electrons. The Labute approximate surface area is 167 Å². The van der Waals surface area contributed by atoms with Crippen LogP contribution >= 0.6 is 11.3 Å². The Balaban J connectivity index is 1.56. The zero-order valence-electron chi connectivity index (χ0n) is 15.6. The summed E-state index contributed by atoms with van der Waals surface area (Å²) < 4.78 is 1.03.